The summed E-state index contributed by atoms with van der Waals surface area (Å²) in [5, 5.41) is 13.1. The minimum absolute atomic E-state index is 0.332. The number of halogens is 3. The number of fused-ring (bicyclic) bond motifs is 1. The van der Waals surface area contributed by atoms with Gasteiger partial charge in [-0.15, -0.1) is 5.10 Å². The Balaban J connectivity index is 1.53. The van der Waals surface area contributed by atoms with Crippen molar-refractivity contribution in [2.24, 2.45) is 0 Å². The van der Waals surface area contributed by atoms with E-state index in [1.54, 1.807) is 42.1 Å². The van der Waals surface area contributed by atoms with E-state index in [9.17, 15) is 4.79 Å². The summed E-state index contributed by atoms with van der Waals surface area (Å²) in [4.78, 5) is 18.4. The Hall–Kier alpha value is -3.17. The lowest BCUT2D eigenvalue weighted by Crippen LogP contribution is -2.31. The number of hydrogen-bond donors (Lipinski definition) is 2. The van der Waals surface area contributed by atoms with Crippen molar-refractivity contribution in [3.8, 4) is 5.75 Å². The fraction of sp³-hybridized carbons (Fsp3) is 0.148. The maximum atomic E-state index is 13.8. The largest absolute Gasteiger partial charge is 0.495 e. The molecule has 1 unspecified atom stereocenters. The first-order valence-corrected chi connectivity index (χ1v) is 13.7. The van der Waals surface area contributed by atoms with Crippen molar-refractivity contribution in [1.29, 1.82) is 0 Å². The van der Waals surface area contributed by atoms with Crippen molar-refractivity contribution in [1.82, 2.24) is 14.8 Å². The zero-order valence-electron chi connectivity index (χ0n) is 20.3. The molecule has 0 saturated heterocycles. The van der Waals surface area contributed by atoms with Crippen molar-refractivity contribution in [2.45, 2.75) is 23.9 Å². The van der Waals surface area contributed by atoms with Gasteiger partial charge in [0.2, 0.25) is 11.1 Å². The van der Waals surface area contributed by atoms with Gasteiger partial charge in [-0.05, 0) is 42.8 Å². The van der Waals surface area contributed by atoms with Crippen molar-refractivity contribution in [3.05, 3.63) is 104 Å². The van der Waals surface area contributed by atoms with Crippen LogP contribution in [0.1, 0.15) is 24.1 Å². The van der Waals surface area contributed by atoms with Crippen LogP contribution in [0, 0.1) is 0 Å². The lowest BCUT2D eigenvalue weighted by atomic mass is 9.95. The van der Waals surface area contributed by atoms with Gasteiger partial charge in [-0.1, -0.05) is 83.0 Å². The lowest BCUT2D eigenvalue weighted by molar-refractivity contribution is -0.113. The van der Waals surface area contributed by atoms with E-state index in [4.69, 9.17) is 44.6 Å². The third-order valence-electron chi connectivity index (χ3n) is 6.00. The van der Waals surface area contributed by atoms with Gasteiger partial charge in [-0.2, -0.15) is 4.98 Å². The number of anilines is 2. The predicted octanol–water partition coefficient (Wildman–Crippen LogP) is 7.47. The molecule has 1 aliphatic heterocycles. The van der Waals surface area contributed by atoms with E-state index in [0.29, 0.717) is 60.2 Å². The second-order valence-corrected chi connectivity index (χ2v) is 10.6. The summed E-state index contributed by atoms with van der Waals surface area (Å²) >= 11 is 20.6. The minimum Gasteiger partial charge on any atom is -0.495 e. The fourth-order valence-electron chi connectivity index (χ4n) is 4.19. The number of allylic oxidation sites excluding steroid dienone is 1. The van der Waals surface area contributed by atoms with Gasteiger partial charge in [-0.3, -0.25) is 4.79 Å². The number of nitrogens with zero attached hydrogens (tertiary/aromatic N) is 3. The maximum absolute atomic E-state index is 13.8. The number of carbonyl (C=O) groups excluding carboxylic acids is 1. The molecular formula is C27H22Cl3N5O2S. The third-order valence-corrected chi connectivity index (χ3v) is 7.82. The number of carbonyl (C=O) groups is 1. The summed E-state index contributed by atoms with van der Waals surface area (Å²) in [5.74, 6) is 1.29. The third kappa shape index (κ3) is 5.35. The normalized spacial score (nSPS) is 14.6. The molecule has 0 saturated carbocycles. The molecule has 5 rings (SSSR count). The van der Waals surface area contributed by atoms with Crippen LogP contribution in [0.3, 0.4) is 0 Å². The van der Waals surface area contributed by atoms with E-state index in [1.807, 2.05) is 43.3 Å². The number of thioether (sulfide) groups is 1. The molecular weight excluding hydrogens is 565 g/mol. The molecule has 2 N–H and O–H groups in total. The Morgan fingerprint density at radius 3 is 2.61 bits per heavy atom. The van der Waals surface area contributed by atoms with E-state index in [-0.39, 0.29) is 5.91 Å². The number of methoxy groups -OCH3 is 1. The van der Waals surface area contributed by atoms with Crippen LogP contribution in [0.15, 0.2) is 83.2 Å². The first kappa shape index (κ1) is 26.4. The average Bonchev–Trinajstić information content (AvgIpc) is 3.30. The molecule has 4 aromatic rings. The molecule has 1 aliphatic rings. The summed E-state index contributed by atoms with van der Waals surface area (Å²) in [7, 11) is 1.55. The summed E-state index contributed by atoms with van der Waals surface area (Å²) < 4.78 is 7.09. The Bertz CT molecular complexity index is 1560. The van der Waals surface area contributed by atoms with Gasteiger partial charge >= 0.3 is 0 Å². The number of benzene rings is 3. The quantitative estimate of drug-likeness (QED) is 0.219. The van der Waals surface area contributed by atoms with Crippen LogP contribution in [-0.2, 0) is 10.5 Å². The van der Waals surface area contributed by atoms with Crippen molar-refractivity contribution in [3.63, 3.8) is 0 Å². The highest BCUT2D eigenvalue weighted by molar-refractivity contribution is 7.98. The van der Waals surface area contributed by atoms with Crippen LogP contribution in [0.25, 0.3) is 0 Å². The molecule has 194 valence electrons. The average molecular weight is 587 g/mol. The van der Waals surface area contributed by atoms with Gasteiger partial charge in [0.1, 0.15) is 11.8 Å². The van der Waals surface area contributed by atoms with Crippen molar-refractivity contribution >= 4 is 64.1 Å². The van der Waals surface area contributed by atoms with Crippen LogP contribution < -0.4 is 15.4 Å². The van der Waals surface area contributed by atoms with Gasteiger partial charge in [0.15, 0.2) is 0 Å². The first-order chi connectivity index (χ1) is 18.4. The lowest BCUT2D eigenvalue weighted by Gasteiger charge is -2.29. The molecule has 3 aromatic carbocycles. The second kappa shape index (κ2) is 11.3. The van der Waals surface area contributed by atoms with E-state index in [2.05, 4.69) is 15.6 Å². The number of aromatic nitrogens is 3. The van der Waals surface area contributed by atoms with E-state index in [1.165, 1.54) is 11.8 Å². The van der Waals surface area contributed by atoms with Crippen molar-refractivity contribution in [2.75, 3.05) is 17.7 Å². The maximum Gasteiger partial charge on any atom is 0.255 e. The molecule has 1 amide bonds. The number of nitrogens with one attached hydrogen (secondary N) is 2. The summed E-state index contributed by atoms with van der Waals surface area (Å²) in [6.45, 7) is 1.82. The molecule has 11 heteroatoms. The Kier molecular flexibility index (Phi) is 7.85. The standard InChI is InChI=1S/C27H22Cl3N5O2S/c1-15-23(25(36)32-21-9-5-6-10-22(21)37-2)24(18-12-11-17(28)13-20(18)30)35-26(31-15)33-27(34-35)38-14-16-7-3-4-8-19(16)29/h3-13,24H,14H2,1-2H3,(H,32,36)(H,31,33,34). The highest BCUT2D eigenvalue weighted by Crippen LogP contribution is 2.40. The van der Waals surface area contributed by atoms with Crippen LogP contribution in [0.5, 0.6) is 5.75 Å². The minimum atomic E-state index is -0.659. The van der Waals surface area contributed by atoms with Crippen molar-refractivity contribution < 1.29 is 9.53 Å². The molecule has 38 heavy (non-hydrogen) atoms. The fourth-order valence-corrected chi connectivity index (χ4v) is 5.82. The molecule has 0 fully saturated rings. The molecule has 0 spiro atoms. The number of ether oxygens (including phenoxy) is 1. The smallest absolute Gasteiger partial charge is 0.255 e. The molecule has 0 radical (unpaired) electrons. The summed E-state index contributed by atoms with van der Waals surface area (Å²) in [6.07, 6.45) is 0. The van der Waals surface area contributed by atoms with Gasteiger partial charge in [0, 0.05) is 32.1 Å². The van der Waals surface area contributed by atoms with Crippen LogP contribution in [0.4, 0.5) is 11.6 Å². The summed E-state index contributed by atoms with van der Waals surface area (Å²) in [5.41, 5.74) is 3.23. The van der Waals surface area contributed by atoms with Crippen LogP contribution >= 0.6 is 46.6 Å². The molecule has 0 bridgehead atoms. The van der Waals surface area contributed by atoms with Crippen LogP contribution in [0.2, 0.25) is 15.1 Å². The van der Waals surface area contributed by atoms with Gasteiger partial charge < -0.3 is 15.4 Å². The number of rotatable bonds is 7. The number of amides is 1. The SMILES string of the molecule is COc1ccccc1NC(=O)C1=C(C)Nc2nc(SCc3ccccc3Cl)nn2C1c1ccc(Cl)cc1Cl. The first-order valence-electron chi connectivity index (χ1n) is 11.6. The molecule has 0 aliphatic carbocycles. The topological polar surface area (TPSA) is 81.1 Å². The Morgan fingerprint density at radius 2 is 1.84 bits per heavy atom. The summed E-state index contributed by atoms with van der Waals surface area (Å²) in [6, 6.07) is 19.4. The molecule has 7 nitrogen and oxygen atoms in total. The number of hydrogen-bond acceptors (Lipinski definition) is 6. The highest BCUT2D eigenvalue weighted by Gasteiger charge is 2.36. The van der Waals surface area contributed by atoms with Gasteiger partial charge in [0.25, 0.3) is 5.91 Å². The predicted molar refractivity (Wildman–Crippen MR) is 154 cm³/mol. The van der Waals surface area contributed by atoms with Gasteiger partial charge in [-0.25, -0.2) is 4.68 Å². The molecule has 1 atom stereocenters. The Labute approximate surface area is 239 Å². The molecule has 2 heterocycles. The zero-order valence-corrected chi connectivity index (χ0v) is 23.4. The van der Waals surface area contributed by atoms with Gasteiger partial charge in [0.05, 0.1) is 18.4 Å². The second-order valence-electron chi connectivity index (χ2n) is 8.43. The van der Waals surface area contributed by atoms with Crippen LogP contribution in [-0.4, -0.2) is 27.8 Å². The highest BCUT2D eigenvalue weighted by atomic mass is 35.5. The zero-order chi connectivity index (χ0) is 26.8. The van der Waals surface area contributed by atoms with E-state index >= 15 is 0 Å². The Morgan fingerprint density at radius 1 is 1.08 bits per heavy atom. The van der Waals surface area contributed by atoms with E-state index < -0.39 is 6.04 Å². The van der Waals surface area contributed by atoms with E-state index in [0.717, 1.165) is 5.56 Å². The molecule has 1 aromatic heterocycles. The number of para-hydroxylation sites is 2. The monoisotopic (exact) mass is 585 g/mol.